The van der Waals surface area contributed by atoms with Gasteiger partial charge in [-0.3, -0.25) is 14.2 Å². The number of nitrogens with zero attached hydrogens (tertiary/aromatic N) is 5. The molecule has 1 amide bonds. The summed E-state index contributed by atoms with van der Waals surface area (Å²) in [5.41, 5.74) is 1.82. The largest absolute Gasteiger partial charge is 0.433 e. The average molecular weight is 435 g/mol. The molecule has 0 fully saturated rings. The fourth-order valence-electron chi connectivity index (χ4n) is 4.14. The maximum Gasteiger partial charge on any atom is 0.433 e. The molecule has 0 spiro atoms. The van der Waals surface area contributed by atoms with E-state index in [1.54, 1.807) is 27.0 Å². The SMILES string of the molecule is Cc1ccc(C(=O)N2CCc3c(nn(C)c3-c3cc(C(F)(F)F)n(C)n3)C2C)c(F)c1. The van der Waals surface area contributed by atoms with Gasteiger partial charge in [0.25, 0.3) is 5.91 Å². The molecule has 2 aromatic heterocycles. The number of aromatic nitrogens is 4. The van der Waals surface area contributed by atoms with Crippen LogP contribution in [0.4, 0.5) is 17.6 Å². The summed E-state index contributed by atoms with van der Waals surface area (Å²) in [6.07, 6.45) is -4.15. The second-order valence-electron chi connectivity index (χ2n) is 7.78. The summed E-state index contributed by atoms with van der Waals surface area (Å²) in [5.74, 6) is -1.03. The van der Waals surface area contributed by atoms with Crippen LogP contribution in [0, 0.1) is 12.7 Å². The third-order valence-corrected chi connectivity index (χ3v) is 5.67. The van der Waals surface area contributed by atoms with Gasteiger partial charge in [0, 0.05) is 26.2 Å². The zero-order valence-corrected chi connectivity index (χ0v) is 17.5. The molecule has 1 aliphatic rings. The van der Waals surface area contributed by atoms with Crippen LogP contribution < -0.4 is 0 Å². The van der Waals surface area contributed by atoms with Crippen molar-refractivity contribution in [3.05, 3.63) is 58.2 Å². The Labute approximate surface area is 176 Å². The zero-order valence-electron chi connectivity index (χ0n) is 17.5. The Kier molecular flexibility index (Phi) is 4.90. The molecule has 164 valence electrons. The number of alkyl halides is 3. The van der Waals surface area contributed by atoms with Crippen LogP contribution in [-0.4, -0.2) is 36.9 Å². The van der Waals surface area contributed by atoms with Gasteiger partial charge in [0.15, 0.2) is 0 Å². The topological polar surface area (TPSA) is 56.0 Å². The van der Waals surface area contributed by atoms with Gasteiger partial charge in [-0.05, 0) is 44.0 Å². The second kappa shape index (κ2) is 7.21. The van der Waals surface area contributed by atoms with E-state index in [1.165, 1.54) is 28.8 Å². The second-order valence-corrected chi connectivity index (χ2v) is 7.78. The van der Waals surface area contributed by atoms with Crippen molar-refractivity contribution in [1.29, 1.82) is 0 Å². The van der Waals surface area contributed by atoms with Gasteiger partial charge in [0.2, 0.25) is 0 Å². The van der Waals surface area contributed by atoms with Crippen molar-refractivity contribution in [3.63, 3.8) is 0 Å². The fourth-order valence-corrected chi connectivity index (χ4v) is 4.14. The normalized spacial score (nSPS) is 16.5. The molecule has 1 aliphatic heterocycles. The van der Waals surface area contributed by atoms with E-state index < -0.39 is 29.6 Å². The molecule has 0 bridgehead atoms. The maximum atomic E-state index is 14.3. The van der Waals surface area contributed by atoms with Crippen molar-refractivity contribution in [3.8, 4) is 11.4 Å². The Morgan fingerprint density at radius 3 is 2.45 bits per heavy atom. The van der Waals surface area contributed by atoms with Crippen LogP contribution >= 0.6 is 0 Å². The average Bonchev–Trinajstić information content (AvgIpc) is 3.21. The van der Waals surface area contributed by atoms with Gasteiger partial charge in [0.05, 0.1) is 23.0 Å². The summed E-state index contributed by atoms with van der Waals surface area (Å²) in [6, 6.07) is 4.98. The molecular weight excluding hydrogens is 414 g/mol. The van der Waals surface area contributed by atoms with Crippen LogP contribution in [-0.2, 0) is 26.7 Å². The highest BCUT2D eigenvalue weighted by Crippen LogP contribution is 2.38. The molecule has 10 heteroatoms. The number of benzene rings is 1. The summed E-state index contributed by atoms with van der Waals surface area (Å²) in [6.45, 7) is 3.81. The van der Waals surface area contributed by atoms with E-state index in [1.807, 2.05) is 0 Å². The minimum Gasteiger partial charge on any atom is -0.330 e. The van der Waals surface area contributed by atoms with Crippen LogP contribution in [0.15, 0.2) is 24.3 Å². The first kappa shape index (κ1) is 21.1. The number of carbonyl (C=O) groups is 1. The summed E-state index contributed by atoms with van der Waals surface area (Å²) in [5, 5.41) is 8.51. The highest BCUT2D eigenvalue weighted by Gasteiger charge is 2.38. The molecule has 0 saturated heterocycles. The third kappa shape index (κ3) is 3.49. The zero-order chi connectivity index (χ0) is 22.7. The number of halogens is 4. The predicted molar refractivity (Wildman–Crippen MR) is 105 cm³/mol. The van der Waals surface area contributed by atoms with Crippen molar-refractivity contribution < 1.29 is 22.4 Å². The van der Waals surface area contributed by atoms with Gasteiger partial charge in [-0.1, -0.05) is 6.07 Å². The molecule has 1 unspecified atom stereocenters. The van der Waals surface area contributed by atoms with Crippen molar-refractivity contribution in [2.45, 2.75) is 32.5 Å². The molecule has 0 saturated carbocycles. The number of fused-ring (bicyclic) bond motifs is 1. The van der Waals surface area contributed by atoms with Crippen LogP contribution in [0.5, 0.6) is 0 Å². The summed E-state index contributed by atoms with van der Waals surface area (Å²) in [7, 11) is 2.88. The Morgan fingerprint density at radius 1 is 1.13 bits per heavy atom. The van der Waals surface area contributed by atoms with Crippen LogP contribution in [0.1, 0.15) is 45.8 Å². The molecule has 3 heterocycles. The quantitative estimate of drug-likeness (QED) is 0.571. The first-order valence-electron chi connectivity index (χ1n) is 9.73. The van der Waals surface area contributed by atoms with Gasteiger partial charge in [-0.2, -0.15) is 23.4 Å². The number of hydrogen-bond donors (Lipinski definition) is 0. The van der Waals surface area contributed by atoms with Crippen LogP contribution in [0.25, 0.3) is 11.4 Å². The van der Waals surface area contributed by atoms with Crippen molar-refractivity contribution >= 4 is 5.91 Å². The predicted octanol–water partition coefficient (Wildman–Crippen LogP) is 4.05. The Hall–Kier alpha value is -3.17. The van der Waals surface area contributed by atoms with Crippen LogP contribution in [0.2, 0.25) is 0 Å². The molecule has 0 aliphatic carbocycles. The minimum absolute atomic E-state index is 0.0170. The molecule has 0 radical (unpaired) electrons. The van der Waals surface area contributed by atoms with Crippen LogP contribution in [0.3, 0.4) is 0 Å². The van der Waals surface area contributed by atoms with Gasteiger partial charge in [0.1, 0.15) is 17.2 Å². The highest BCUT2D eigenvalue weighted by atomic mass is 19.4. The molecular formula is C21H21F4N5O. The van der Waals surface area contributed by atoms with E-state index in [9.17, 15) is 22.4 Å². The lowest BCUT2D eigenvalue weighted by Gasteiger charge is -2.33. The van der Waals surface area contributed by atoms with E-state index in [-0.39, 0.29) is 17.8 Å². The van der Waals surface area contributed by atoms with Crippen molar-refractivity contribution in [2.75, 3.05) is 6.54 Å². The van der Waals surface area contributed by atoms with E-state index in [0.29, 0.717) is 23.4 Å². The summed E-state index contributed by atoms with van der Waals surface area (Å²) >= 11 is 0. The molecule has 0 N–H and O–H groups in total. The Morgan fingerprint density at radius 2 is 1.84 bits per heavy atom. The maximum absolute atomic E-state index is 14.3. The first-order valence-corrected chi connectivity index (χ1v) is 9.73. The Bertz CT molecular complexity index is 1180. The smallest absolute Gasteiger partial charge is 0.330 e. The summed E-state index contributed by atoms with van der Waals surface area (Å²) < 4.78 is 56.2. The standard InChI is InChI=1S/C21H21F4N5O/c1-11-5-6-13(15(22)9-11)20(31)30-8-7-14-18(12(30)2)27-29(4)19(14)16-10-17(21(23,24)25)28(3)26-16/h5-6,9-10,12H,7-8H2,1-4H3. The van der Waals surface area contributed by atoms with E-state index in [4.69, 9.17) is 0 Å². The van der Waals surface area contributed by atoms with Gasteiger partial charge >= 0.3 is 6.18 Å². The fraction of sp³-hybridized carbons (Fsp3) is 0.381. The third-order valence-electron chi connectivity index (χ3n) is 5.67. The monoisotopic (exact) mass is 435 g/mol. The molecule has 4 rings (SSSR count). The van der Waals surface area contributed by atoms with E-state index in [2.05, 4.69) is 10.2 Å². The molecule has 31 heavy (non-hydrogen) atoms. The van der Waals surface area contributed by atoms with E-state index in [0.717, 1.165) is 16.3 Å². The number of rotatable bonds is 2. The Balaban J connectivity index is 1.70. The molecule has 1 aromatic carbocycles. The molecule has 1 atom stereocenters. The lowest BCUT2D eigenvalue weighted by Crippen LogP contribution is -2.39. The lowest BCUT2D eigenvalue weighted by molar-refractivity contribution is -0.143. The van der Waals surface area contributed by atoms with Gasteiger partial charge < -0.3 is 4.90 Å². The molecule has 6 nitrogen and oxygen atoms in total. The van der Waals surface area contributed by atoms with Crippen molar-refractivity contribution in [1.82, 2.24) is 24.5 Å². The summed E-state index contributed by atoms with van der Waals surface area (Å²) in [4.78, 5) is 14.5. The number of amides is 1. The van der Waals surface area contributed by atoms with E-state index >= 15 is 0 Å². The minimum atomic E-state index is -4.52. The highest BCUT2D eigenvalue weighted by molar-refractivity contribution is 5.95. The van der Waals surface area contributed by atoms with Gasteiger partial charge in [-0.25, -0.2) is 4.39 Å². The first-order chi connectivity index (χ1) is 14.5. The molecule has 3 aromatic rings. The number of aryl methyl sites for hydroxylation is 3. The number of hydrogen-bond acceptors (Lipinski definition) is 3. The van der Waals surface area contributed by atoms with Gasteiger partial charge in [-0.15, -0.1) is 0 Å². The number of carbonyl (C=O) groups excluding carboxylic acids is 1. The lowest BCUT2D eigenvalue weighted by atomic mass is 9.96. The van der Waals surface area contributed by atoms with Crippen molar-refractivity contribution in [2.24, 2.45) is 14.1 Å².